The Bertz CT molecular complexity index is 746. The number of hydrogen-bond acceptors (Lipinski definition) is 7. The van der Waals surface area contributed by atoms with Gasteiger partial charge in [-0.3, -0.25) is 0 Å². The first kappa shape index (κ1) is 12.5. The van der Waals surface area contributed by atoms with Gasteiger partial charge in [0.15, 0.2) is 5.69 Å². The number of aromatic nitrogens is 5. The number of rotatable bonds is 4. The highest BCUT2D eigenvalue weighted by atomic mass is 32.1. The predicted octanol–water partition coefficient (Wildman–Crippen LogP) is 1.44. The molecule has 0 aliphatic rings. The van der Waals surface area contributed by atoms with Gasteiger partial charge in [-0.2, -0.15) is 0 Å². The standard InChI is InChI=1S/C11H9N5O3S/c1-6-12-13-8(19-6)5-16-10(7-3-2-4-20-7)9(11(17)18)14-15-16/h2-4H,5H2,1H3,(H,17,18). The van der Waals surface area contributed by atoms with E-state index in [1.807, 2.05) is 17.5 Å². The number of aryl methyl sites for hydroxylation is 1. The molecule has 0 bridgehead atoms. The van der Waals surface area contributed by atoms with E-state index in [0.29, 0.717) is 17.5 Å². The molecule has 9 heteroatoms. The molecule has 0 spiro atoms. The molecule has 20 heavy (non-hydrogen) atoms. The van der Waals surface area contributed by atoms with Gasteiger partial charge in [0.05, 0.1) is 4.88 Å². The van der Waals surface area contributed by atoms with E-state index < -0.39 is 5.97 Å². The molecule has 0 aliphatic heterocycles. The molecule has 0 amide bonds. The molecule has 0 saturated heterocycles. The molecule has 0 aromatic carbocycles. The van der Waals surface area contributed by atoms with Crippen LogP contribution in [0.3, 0.4) is 0 Å². The third-order valence-electron chi connectivity index (χ3n) is 2.55. The number of aromatic carboxylic acids is 1. The molecule has 0 unspecified atom stereocenters. The molecule has 0 fully saturated rings. The van der Waals surface area contributed by atoms with Crippen molar-refractivity contribution in [3.05, 3.63) is 35.0 Å². The summed E-state index contributed by atoms with van der Waals surface area (Å²) in [5.41, 5.74) is 0.340. The van der Waals surface area contributed by atoms with Crippen molar-refractivity contribution < 1.29 is 14.3 Å². The average Bonchev–Trinajstić information content (AvgIpc) is 3.10. The third kappa shape index (κ3) is 2.18. The Morgan fingerprint density at radius 1 is 1.45 bits per heavy atom. The Morgan fingerprint density at radius 3 is 2.90 bits per heavy atom. The van der Waals surface area contributed by atoms with Gasteiger partial charge in [0.1, 0.15) is 12.2 Å². The fourth-order valence-corrected chi connectivity index (χ4v) is 2.53. The van der Waals surface area contributed by atoms with E-state index in [1.54, 1.807) is 6.92 Å². The lowest BCUT2D eigenvalue weighted by molar-refractivity contribution is 0.0691. The van der Waals surface area contributed by atoms with Crippen LogP contribution in [0.5, 0.6) is 0 Å². The first-order valence-corrected chi connectivity index (χ1v) is 6.53. The van der Waals surface area contributed by atoms with Crippen LogP contribution < -0.4 is 0 Å². The predicted molar refractivity (Wildman–Crippen MR) is 68.4 cm³/mol. The zero-order valence-electron chi connectivity index (χ0n) is 10.3. The highest BCUT2D eigenvalue weighted by Gasteiger charge is 2.22. The quantitative estimate of drug-likeness (QED) is 0.775. The topological polar surface area (TPSA) is 107 Å². The largest absolute Gasteiger partial charge is 0.476 e. The second kappa shape index (κ2) is 4.85. The SMILES string of the molecule is Cc1nnc(Cn2nnc(C(=O)O)c2-c2cccs2)o1. The van der Waals surface area contributed by atoms with Gasteiger partial charge >= 0.3 is 5.97 Å². The van der Waals surface area contributed by atoms with Crippen molar-refractivity contribution in [1.82, 2.24) is 25.2 Å². The van der Waals surface area contributed by atoms with E-state index >= 15 is 0 Å². The summed E-state index contributed by atoms with van der Waals surface area (Å²) in [5, 5.41) is 26.2. The van der Waals surface area contributed by atoms with Crippen LogP contribution in [0.1, 0.15) is 22.3 Å². The van der Waals surface area contributed by atoms with E-state index in [9.17, 15) is 9.90 Å². The number of carboxylic acids is 1. The van der Waals surface area contributed by atoms with E-state index in [-0.39, 0.29) is 12.2 Å². The smallest absolute Gasteiger partial charge is 0.358 e. The summed E-state index contributed by atoms with van der Waals surface area (Å²) in [6.07, 6.45) is 0. The Labute approximate surface area is 116 Å². The Balaban J connectivity index is 2.05. The molecule has 3 aromatic rings. The monoisotopic (exact) mass is 291 g/mol. The fourth-order valence-electron chi connectivity index (χ4n) is 1.75. The van der Waals surface area contributed by atoms with Crippen molar-refractivity contribution in [2.45, 2.75) is 13.5 Å². The summed E-state index contributed by atoms with van der Waals surface area (Å²) in [7, 11) is 0. The van der Waals surface area contributed by atoms with Crippen molar-refractivity contribution in [3.8, 4) is 10.6 Å². The fraction of sp³-hybridized carbons (Fsp3) is 0.182. The number of carboxylic acid groups (broad SMARTS) is 1. The summed E-state index contributed by atoms with van der Waals surface area (Å²) in [5.74, 6) is -0.334. The van der Waals surface area contributed by atoms with Gasteiger partial charge < -0.3 is 9.52 Å². The molecular formula is C11H9N5O3S. The second-order valence-corrected chi connectivity index (χ2v) is 4.89. The number of nitrogens with zero attached hydrogens (tertiary/aromatic N) is 5. The van der Waals surface area contributed by atoms with Gasteiger partial charge in [0.25, 0.3) is 0 Å². The minimum absolute atomic E-state index is 0.0938. The zero-order valence-corrected chi connectivity index (χ0v) is 11.2. The Morgan fingerprint density at radius 2 is 2.30 bits per heavy atom. The van der Waals surface area contributed by atoms with Crippen molar-refractivity contribution in [2.75, 3.05) is 0 Å². The zero-order chi connectivity index (χ0) is 14.1. The molecule has 8 nitrogen and oxygen atoms in total. The lowest BCUT2D eigenvalue weighted by Crippen LogP contribution is -2.05. The molecule has 3 heterocycles. The highest BCUT2D eigenvalue weighted by Crippen LogP contribution is 2.27. The molecule has 0 radical (unpaired) electrons. The lowest BCUT2D eigenvalue weighted by atomic mass is 10.2. The molecule has 102 valence electrons. The van der Waals surface area contributed by atoms with Crippen molar-refractivity contribution in [1.29, 1.82) is 0 Å². The average molecular weight is 291 g/mol. The third-order valence-corrected chi connectivity index (χ3v) is 3.42. The molecular weight excluding hydrogens is 282 g/mol. The van der Waals surface area contributed by atoms with Gasteiger partial charge in [0, 0.05) is 6.92 Å². The van der Waals surface area contributed by atoms with Crippen LogP contribution in [0.2, 0.25) is 0 Å². The van der Waals surface area contributed by atoms with E-state index in [2.05, 4.69) is 20.5 Å². The van der Waals surface area contributed by atoms with Crippen molar-refractivity contribution >= 4 is 17.3 Å². The first-order valence-electron chi connectivity index (χ1n) is 5.65. The minimum Gasteiger partial charge on any atom is -0.476 e. The number of hydrogen-bond donors (Lipinski definition) is 1. The molecule has 0 saturated carbocycles. The van der Waals surface area contributed by atoms with Crippen molar-refractivity contribution in [2.24, 2.45) is 0 Å². The van der Waals surface area contributed by atoms with Crippen LogP contribution in [0.15, 0.2) is 21.9 Å². The van der Waals surface area contributed by atoms with Crippen LogP contribution in [0.25, 0.3) is 10.6 Å². The first-order chi connectivity index (χ1) is 9.65. The van der Waals surface area contributed by atoms with E-state index in [0.717, 1.165) is 4.88 Å². The summed E-state index contributed by atoms with van der Waals surface area (Å²) >= 11 is 1.41. The lowest BCUT2D eigenvalue weighted by Gasteiger charge is -2.02. The van der Waals surface area contributed by atoms with E-state index in [1.165, 1.54) is 16.0 Å². The maximum absolute atomic E-state index is 11.2. The Hall–Kier alpha value is -2.55. The molecule has 3 rings (SSSR count). The van der Waals surface area contributed by atoms with Gasteiger partial charge in [-0.05, 0) is 11.4 Å². The number of thiophene rings is 1. The summed E-state index contributed by atoms with van der Waals surface area (Å²) < 4.78 is 6.72. The maximum Gasteiger partial charge on any atom is 0.358 e. The molecule has 0 atom stereocenters. The van der Waals surface area contributed by atoms with Gasteiger partial charge in [-0.1, -0.05) is 11.3 Å². The Kier molecular flexibility index (Phi) is 3.03. The second-order valence-electron chi connectivity index (χ2n) is 3.94. The van der Waals surface area contributed by atoms with Crippen LogP contribution in [0, 0.1) is 6.92 Å². The maximum atomic E-state index is 11.2. The molecule has 1 N–H and O–H groups in total. The van der Waals surface area contributed by atoms with Crippen molar-refractivity contribution in [3.63, 3.8) is 0 Å². The minimum atomic E-state index is -1.12. The van der Waals surface area contributed by atoms with Crippen LogP contribution >= 0.6 is 11.3 Å². The number of carbonyl (C=O) groups is 1. The van der Waals surface area contributed by atoms with Gasteiger partial charge in [-0.25, -0.2) is 9.48 Å². The van der Waals surface area contributed by atoms with Crippen LogP contribution in [0.4, 0.5) is 0 Å². The summed E-state index contributed by atoms with van der Waals surface area (Å²) in [6, 6.07) is 3.64. The molecule has 3 aromatic heterocycles. The van der Waals surface area contributed by atoms with Crippen LogP contribution in [-0.4, -0.2) is 36.3 Å². The highest BCUT2D eigenvalue weighted by molar-refractivity contribution is 7.13. The van der Waals surface area contributed by atoms with Gasteiger partial charge in [0.2, 0.25) is 11.8 Å². The normalized spacial score (nSPS) is 10.8. The summed E-state index contributed by atoms with van der Waals surface area (Å²) in [6.45, 7) is 1.86. The molecule has 0 aliphatic carbocycles. The van der Waals surface area contributed by atoms with E-state index in [4.69, 9.17) is 4.42 Å². The summed E-state index contributed by atoms with van der Waals surface area (Å²) in [4.78, 5) is 12.0. The van der Waals surface area contributed by atoms with Gasteiger partial charge in [-0.15, -0.1) is 26.6 Å². The van der Waals surface area contributed by atoms with Crippen LogP contribution in [-0.2, 0) is 6.54 Å².